The zero-order chi connectivity index (χ0) is 21.0. The Kier molecular flexibility index (Phi) is 5.96. The van der Waals surface area contributed by atoms with Crippen molar-refractivity contribution < 1.29 is 17.9 Å². The molecule has 3 aromatic rings. The molecule has 0 aliphatic carbocycles. The van der Waals surface area contributed by atoms with Gasteiger partial charge in [0.15, 0.2) is 9.84 Å². The summed E-state index contributed by atoms with van der Waals surface area (Å²) in [5.74, 6) is 2.18. The fraction of sp³-hybridized carbons (Fsp3) is 0.273. The van der Waals surface area contributed by atoms with E-state index in [1.807, 2.05) is 24.3 Å². The first-order chi connectivity index (χ1) is 14.5. The molecule has 1 fully saturated rings. The molecular weight excluding hydrogens is 402 g/mol. The van der Waals surface area contributed by atoms with E-state index in [0.29, 0.717) is 17.5 Å². The van der Waals surface area contributed by atoms with Gasteiger partial charge in [0.25, 0.3) is 0 Å². The molecule has 0 bridgehead atoms. The molecule has 3 heterocycles. The Balaban J connectivity index is 1.58. The highest BCUT2D eigenvalue weighted by Gasteiger charge is 2.20. The Hall–Kier alpha value is -2.97. The van der Waals surface area contributed by atoms with E-state index in [1.165, 1.54) is 18.4 Å². The van der Waals surface area contributed by atoms with E-state index in [2.05, 4.69) is 15.3 Å². The lowest BCUT2D eigenvalue weighted by Gasteiger charge is -2.15. The van der Waals surface area contributed by atoms with E-state index in [9.17, 15) is 8.42 Å². The van der Waals surface area contributed by atoms with Crippen molar-refractivity contribution in [1.82, 2.24) is 9.97 Å². The molecule has 0 radical (unpaired) electrons. The summed E-state index contributed by atoms with van der Waals surface area (Å²) in [7, 11) is -3.25. The second-order valence-electron chi connectivity index (χ2n) is 7.31. The Morgan fingerprint density at radius 2 is 2.00 bits per heavy atom. The van der Waals surface area contributed by atoms with Crippen molar-refractivity contribution in [2.24, 2.45) is 5.92 Å². The molecule has 1 N–H and O–H groups in total. The Bertz CT molecular complexity index is 1100. The number of sulfone groups is 1. The molecule has 1 unspecified atom stereocenters. The molecule has 30 heavy (non-hydrogen) atoms. The van der Waals surface area contributed by atoms with Gasteiger partial charge in [0.05, 0.1) is 16.8 Å². The third-order valence-corrected chi connectivity index (χ3v) is 5.99. The van der Waals surface area contributed by atoms with Crippen LogP contribution in [0.3, 0.4) is 0 Å². The zero-order valence-electron chi connectivity index (χ0n) is 16.6. The van der Waals surface area contributed by atoms with E-state index < -0.39 is 9.84 Å². The van der Waals surface area contributed by atoms with Gasteiger partial charge in [-0.1, -0.05) is 6.07 Å². The zero-order valence-corrected chi connectivity index (χ0v) is 17.4. The third-order valence-electron chi connectivity index (χ3n) is 4.86. The second-order valence-corrected chi connectivity index (χ2v) is 9.32. The van der Waals surface area contributed by atoms with E-state index in [1.54, 1.807) is 24.5 Å². The maximum Gasteiger partial charge on any atom is 0.222 e. The summed E-state index contributed by atoms with van der Waals surface area (Å²) in [6.45, 7) is 1.49. The molecule has 4 rings (SSSR count). The smallest absolute Gasteiger partial charge is 0.222 e. The lowest BCUT2D eigenvalue weighted by Crippen LogP contribution is -2.07. The number of aromatic nitrogens is 2. The van der Waals surface area contributed by atoms with Gasteiger partial charge < -0.3 is 14.8 Å². The second kappa shape index (κ2) is 8.81. The van der Waals surface area contributed by atoms with Gasteiger partial charge in [0.2, 0.25) is 5.88 Å². The SMILES string of the molecule is CS(=O)(=O)c1ccc(Oc2ncc(Nc3ccccn3)cc2CC2CCOC2)cc1. The molecule has 8 heteroatoms. The molecule has 0 spiro atoms. The minimum absolute atomic E-state index is 0.251. The predicted octanol–water partition coefficient (Wildman–Crippen LogP) is 4.00. The van der Waals surface area contributed by atoms with E-state index in [-0.39, 0.29) is 4.90 Å². The average Bonchev–Trinajstić information content (AvgIpc) is 3.24. The standard InChI is InChI=1S/C22H23N3O4S/c1-30(26,27)20-7-5-19(6-8-20)29-22-17(12-16-9-11-28-15-16)13-18(14-24-22)25-21-4-2-3-10-23-21/h2-8,10,13-14,16H,9,11-12,15H2,1H3,(H,23,25). The van der Waals surface area contributed by atoms with Crippen LogP contribution in [0.25, 0.3) is 0 Å². The summed E-state index contributed by atoms with van der Waals surface area (Å²) in [5.41, 5.74) is 1.78. The molecule has 1 aromatic carbocycles. The van der Waals surface area contributed by atoms with E-state index in [0.717, 1.165) is 43.1 Å². The van der Waals surface area contributed by atoms with Gasteiger partial charge in [-0.15, -0.1) is 0 Å². The molecule has 7 nitrogen and oxygen atoms in total. The quantitative estimate of drug-likeness (QED) is 0.612. The normalized spacial score (nSPS) is 16.4. The first-order valence-electron chi connectivity index (χ1n) is 9.70. The molecule has 1 aliphatic heterocycles. The van der Waals surface area contributed by atoms with Crippen LogP contribution in [0.4, 0.5) is 11.5 Å². The summed E-state index contributed by atoms with van der Waals surface area (Å²) in [6.07, 6.45) is 6.38. The molecule has 2 aromatic heterocycles. The van der Waals surface area contributed by atoms with E-state index in [4.69, 9.17) is 9.47 Å². The lowest BCUT2D eigenvalue weighted by atomic mass is 9.99. The maximum atomic E-state index is 11.7. The summed E-state index contributed by atoms with van der Waals surface area (Å²) in [6, 6.07) is 14.0. The Morgan fingerprint density at radius 1 is 1.17 bits per heavy atom. The van der Waals surface area contributed by atoms with Crippen LogP contribution in [-0.2, 0) is 21.0 Å². The number of nitrogens with one attached hydrogen (secondary N) is 1. The van der Waals surface area contributed by atoms with Gasteiger partial charge >= 0.3 is 0 Å². The van der Waals surface area contributed by atoms with Gasteiger partial charge in [0.1, 0.15) is 11.6 Å². The topological polar surface area (TPSA) is 90.4 Å². The summed E-state index contributed by atoms with van der Waals surface area (Å²) < 4.78 is 34.8. The lowest BCUT2D eigenvalue weighted by molar-refractivity contribution is 0.185. The monoisotopic (exact) mass is 425 g/mol. The van der Waals surface area contributed by atoms with Crippen molar-refractivity contribution in [1.29, 1.82) is 0 Å². The van der Waals surface area contributed by atoms with Crippen LogP contribution in [0.1, 0.15) is 12.0 Å². The van der Waals surface area contributed by atoms with Crippen LogP contribution in [0.5, 0.6) is 11.6 Å². The highest BCUT2D eigenvalue weighted by molar-refractivity contribution is 7.90. The van der Waals surface area contributed by atoms with Crippen molar-refractivity contribution in [3.8, 4) is 11.6 Å². The first kappa shape index (κ1) is 20.3. The molecule has 0 amide bonds. The van der Waals surface area contributed by atoms with Crippen LogP contribution in [0, 0.1) is 5.92 Å². The van der Waals surface area contributed by atoms with Gasteiger partial charge in [-0.3, -0.25) is 0 Å². The molecule has 1 saturated heterocycles. The number of hydrogen-bond acceptors (Lipinski definition) is 7. The van der Waals surface area contributed by atoms with Gasteiger partial charge in [0, 0.05) is 31.2 Å². The predicted molar refractivity (Wildman–Crippen MR) is 114 cm³/mol. The van der Waals surface area contributed by atoms with Crippen LogP contribution in [0.15, 0.2) is 65.8 Å². The fourth-order valence-electron chi connectivity index (χ4n) is 3.31. The molecule has 0 saturated carbocycles. The first-order valence-corrected chi connectivity index (χ1v) is 11.6. The van der Waals surface area contributed by atoms with E-state index >= 15 is 0 Å². The minimum Gasteiger partial charge on any atom is -0.439 e. The van der Waals surface area contributed by atoms with Gasteiger partial charge in [-0.2, -0.15) is 0 Å². The highest BCUT2D eigenvalue weighted by atomic mass is 32.2. The number of hydrogen-bond donors (Lipinski definition) is 1. The maximum absolute atomic E-state index is 11.7. The molecular formula is C22H23N3O4S. The van der Waals surface area contributed by atoms with Gasteiger partial charge in [-0.25, -0.2) is 18.4 Å². The number of ether oxygens (including phenoxy) is 2. The van der Waals surface area contributed by atoms with Crippen molar-refractivity contribution in [3.63, 3.8) is 0 Å². The van der Waals surface area contributed by atoms with Crippen LogP contribution in [-0.4, -0.2) is 37.9 Å². The largest absolute Gasteiger partial charge is 0.439 e. The summed E-state index contributed by atoms with van der Waals surface area (Å²) in [5, 5.41) is 3.26. The van der Waals surface area contributed by atoms with Crippen LogP contribution in [0.2, 0.25) is 0 Å². The summed E-state index contributed by atoms with van der Waals surface area (Å²) in [4.78, 5) is 9.05. The number of nitrogens with zero attached hydrogens (tertiary/aromatic N) is 2. The van der Waals surface area contributed by atoms with Crippen molar-refractivity contribution in [3.05, 3.63) is 66.5 Å². The van der Waals surface area contributed by atoms with Gasteiger partial charge in [-0.05, 0) is 61.2 Å². The number of rotatable bonds is 7. The number of pyridine rings is 2. The molecule has 156 valence electrons. The molecule has 1 aliphatic rings. The van der Waals surface area contributed by atoms with Crippen LogP contribution >= 0.6 is 0 Å². The van der Waals surface area contributed by atoms with Crippen LogP contribution < -0.4 is 10.1 Å². The summed E-state index contributed by atoms with van der Waals surface area (Å²) >= 11 is 0. The van der Waals surface area contributed by atoms with Crippen molar-refractivity contribution in [2.75, 3.05) is 24.8 Å². The molecule has 1 atom stereocenters. The third kappa shape index (κ3) is 5.14. The average molecular weight is 426 g/mol. The minimum atomic E-state index is -3.25. The Morgan fingerprint density at radius 3 is 2.67 bits per heavy atom. The van der Waals surface area contributed by atoms with Crippen molar-refractivity contribution >= 4 is 21.3 Å². The van der Waals surface area contributed by atoms with Crippen molar-refractivity contribution in [2.45, 2.75) is 17.7 Å². The number of benzene rings is 1. The highest BCUT2D eigenvalue weighted by Crippen LogP contribution is 2.30. The number of anilines is 2. The fourth-order valence-corrected chi connectivity index (χ4v) is 3.94. The Labute approximate surface area is 176 Å².